The van der Waals surface area contributed by atoms with Gasteiger partial charge in [0.1, 0.15) is 0 Å². The van der Waals surface area contributed by atoms with Gasteiger partial charge in [-0.25, -0.2) is 0 Å². The van der Waals surface area contributed by atoms with Crippen molar-refractivity contribution in [1.29, 1.82) is 0 Å². The first kappa shape index (κ1) is 18.0. The van der Waals surface area contributed by atoms with Crippen LogP contribution in [0.3, 0.4) is 0 Å². The minimum Gasteiger partial charge on any atom is -0.481 e. The third-order valence-corrected chi connectivity index (χ3v) is 0. The maximum atomic E-state index is 9.00. The lowest BCUT2D eigenvalue weighted by molar-refractivity contribution is -0.134. The van der Waals surface area contributed by atoms with Crippen LogP contribution in [-0.2, 0) is 9.36 Å². The second-order valence-electron chi connectivity index (χ2n) is 2.14. The molecule has 0 rings (SSSR count). The maximum absolute atomic E-state index is 9.00. The first-order valence-electron chi connectivity index (χ1n) is 2.92. The fraction of sp³-hybridized carbons (Fsp3) is 0.800. The van der Waals surface area contributed by atoms with Gasteiger partial charge in [-0.15, -0.1) is 7.92 Å². The van der Waals surface area contributed by atoms with Gasteiger partial charge in [-0.2, -0.15) is 0 Å². The van der Waals surface area contributed by atoms with Crippen molar-refractivity contribution in [2.75, 3.05) is 20.0 Å². The zero-order chi connectivity index (χ0) is 10.7. The monoisotopic (exact) mass is 218 g/mol. The maximum Gasteiger partial charge on any atom is 0.314 e. The number of carboxylic acid groups (broad SMARTS) is 1. The van der Waals surface area contributed by atoms with Gasteiger partial charge in [0.05, 0.1) is 0 Å². The van der Waals surface area contributed by atoms with Gasteiger partial charge in [0.25, 0.3) is 5.97 Å². The van der Waals surface area contributed by atoms with E-state index in [4.69, 9.17) is 24.3 Å². The van der Waals surface area contributed by atoms with Gasteiger partial charge in [0.2, 0.25) is 0 Å². The largest absolute Gasteiger partial charge is 0.481 e. The predicted molar refractivity (Wildman–Crippen MR) is 51.4 cm³/mol. The van der Waals surface area contributed by atoms with Crippen LogP contribution in [0.2, 0.25) is 0 Å². The fourth-order valence-electron chi connectivity index (χ4n) is 0. The molecule has 0 fully saturated rings. The molecule has 0 saturated heterocycles. The molecular formula is C5H16O5P2. The smallest absolute Gasteiger partial charge is 0.314 e. The summed E-state index contributed by atoms with van der Waals surface area (Å²) in [6.07, 6.45) is 0. The number of carbonyl (C=O) groups is 1. The molecule has 0 aliphatic rings. The van der Waals surface area contributed by atoms with Gasteiger partial charge < -0.3 is 14.9 Å². The van der Waals surface area contributed by atoms with Crippen LogP contribution < -0.4 is 0 Å². The van der Waals surface area contributed by atoms with E-state index in [1.165, 1.54) is 0 Å². The number of hydrogen-bond donors (Lipinski definition) is 3. The van der Waals surface area contributed by atoms with E-state index in [9.17, 15) is 0 Å². The molecule has 0 amide bonds. The Morgan fingerprint density at radius 2 is 1.25 bits per heavy atom. The normalized spacial score (nSPS) is 8.00. The quantitative estimate of drug-likeness (QED) is 0.523. The van der Waals surface area contributed by atoms with Crippen LogP contribution in [0.1, 0.15) is 6.92 Å². The Morgan fingerprint density at radius 1 is 1.25 bits per heavy atom. The van der Waals surface area contributed by atoms with Crippen LogP contribution >= 0.6 is 16.2 Å². The van der Waals surface area contributed by atoms with Crippen LogP contribution in [-0.4, -0.2) is 40.9 Å². The highest BCUT2D eigenvalue weighted by molar-refractivity contribution is 7.55. The van der Waals surface area contributed by atoms with Gasteiger partial charge >= 0.3 is 8.25 Å². The van der Waals surface area contributed by atoms with Crippen LogP contribution in [0.5, 0.6) is 0 Å². The number of carboxylic acids is 1. The molecule has 0 aromatic carbocycles. The number of hydrogen-bond acceptors (Lipinski definition) is 2. The van der Waals surface area contributed by atoms with E-state index in [1.54, 1.807) is 0 Å². The molecular weight excluding hydrogens is 202 g/mol. The Kier molecular flexibility index (Phi) is 20.4. The van der Waals surface area contributed by atoms with Crippen molar-refractivity contribution in [1.82, 2.24) is 0 Å². The van der Waals surface area contributed by atoms with Crippen molar-refractivity contribution in [3.63, 3.8) is 0 Å². The van der Waals surface area contributed by atoms with Crippen LogP contribution in [0.25, 0.3) is 0 Å². The molecule has 3 N–H and O–H groups in total. The lowest BCUT2D eigenvalue weighted by atomic mass is 10.9. The highest BCUT2D eigenvalue weighted by Crippen LogP contribution is 2.14. The van der Waals surface area contributed by atoms with E-state index in [-0.39, 0.29) is 0 Å². The van der Waals surface area contributed by atoms with Crippen molar-refractivity contribution in [3.8, 4) is 0 Å². The second-order valence-corrected chi connectivity index (χ2v) is 5.39. The molecule has 0 heterocycles. The molecule has 12 heavy (non-hydrogen) atoms. The molecule has 76 valence electrons. The van der Waals surface area contributed by atoms with Gasteiger partial charge in [0.15, 0.2) is 0 Å². The first-order chi connectivity index (χ1) is 5.20. The summed E-state index contributed by atoms with van der Waals surface area (Å²) in [7, 11) is -2.75. The Bertz CT molecular complexity index is 102. The summed E-state index contributed by atoms with van der Waals surface area (Å²) in [4.78, 5) is 23.3. The zero-order valence-electron chi connectivity index (χ0n) is 7.61. The fourth-order valence-corrected chi connectivity index (χ4v) is 0. The molecule has 7 heteroatoms. The van der Waals surface area contributed by atoms with Crippen molar-refractivity contribution in [3.05, 3.63) is 0 Å². The lowest BCUT2D eigenvalue weighted by Crippen LogP contribution is -1.78. The van der Waals surface area contributed by atoms with Crippen molar-refractivity contribution in [2.45, 2.75) is 6.92 Å². The zero-order valence-corrected chi connectivity index (χ0v) is 9.50. The summed E-state index contributed by atoms with van der Waals surface area (Å²) >= 11 is 0. The van der Waals surface area contributed by atoms with Crippen molar-refractivity contribution < 1.29 is 24.3 Å². The van der Waals surface area contributed by atoms with E-state index in [1.807, 2.05) is 0 Å². The van der Waals surface area contributed by atoms with Gasteiger partial charge in [-0.1, -0.05) is 0 Å². The van der Waals surface area contributed by atoms with Crippen LogP contribution in [0.15, 0.2) is 0 Å². The molecule has 0 bridgehead atoms. The first-order valence-corrected chi connectivity index (χ1v) is 6.91. The molecule has 0 saturated carbocycles. The molecule has 0 spiro atoms. The highest BCUT2D eigenvalue weighted by atomic mass is 31.1. The SMILES string of the molecule is CC(=O)O.CP(C)C.O=[PH](O)O. The Labute approximate surface area is 74.1 Å². The Balaban J connectivity index is -0.000000101. The van der Waals surface area contributed by atoms with E-state index in [0.717, 1.165) is 6.92 Å². The van der Waals surface area contributed by atoms with Crippen LogP contribution in [0, 0.1) is 0 Å². The third-order valence-electron chi connectivity index (χ3n) is 0. The van der Waals surface area contributed by atoms with Gasteiger partial charge in [-0.3, -0.25) is 9.36 Å². The molecule has 0 aromatic rings. The van der Waals surface area contributed by atoms with E-state index in [2.05, 4.69) is 20.0 Å². The summed E-state index contributed by atoms with van der Waals surface area (Å²) in [5, 5.41) is 7.42. The number of aliphatic carboxylic acids is 1. The predicted octanol–water partition coefficient (Wildman–Crippen LogP) is 0.809. The van der Waals surface area contributed by atoms with E-state index < -0.39 is 14.2 Å². The Morgan fingerprint density at radius 3 is 1.25 bits per heavy atom. The lowest BCUT2D eigenvalue weighted by Gasteiger charge is -1.81. The minimum atomic E-state index is -3.13. The highest BCUT2D eigenvalue weighted by Gasteiger charge is 1.66. The summed E-state index contributed by atoms with van der Waals surface area (Å²) < 4.78 is 8.74. The molecule has 0 aromatic heterocycles. The van der Waals surface area contributed by atoms with Crippen LogP contribution in [0.4, 0.5) is 0 Å². The summed E-state index contributed by atoms with van der Waals surface area (Å²) in [5.41, 5.74) is 0. The topological polar surface area (TPSA) is 94.8 Å². The molecule has 0 unspecified atom stereocenters. The third kappa shape index (κ3) is 329000. The number of rotatable bonds is 0. The van der Waals surface area contributed by atoms with Gasteiger partial charge in [0, 0.05) is 6.92 Å². The molecule has 0 aliphatic heterocycles. The summed E-state index contributed by atoms with van der Waals surface area (Å²) in [5.74, 6) is -0.833. The van der Waals surface area contributed by atoms with Crippen molar-refractivity contribution in [2.24, 2.45) is 0 Å². The summed E-state index contributed by atoms with van der Waals surface area (Å²) in [6.45, 7) is 7.78. The Hall–Kier alpha value is 0.0500. The molecule has 0 radical (unpaired) electrons. The average Bonchev–Trinajstić information content (AvgIpc) is 1.54. The molecule has 5 nitrogen and oxygen atoms in total. The summed E-state index contributed by atoms with van der Waals surface area (Å²) in [6, 6.07) is 0. The van der Waals surface area contributed by atoms with E-state index in [0.29, 0.717) is 7.92 Å². The molecule has 0 aliphatic carbocycles. The van der Waals surface area contributed by atoms with Crippen molar-refractivity contribution >= 4 is 22.1 Å². The molecule has 0 atom stereocenters. The average molecular weight is 218 g/mol. The minimum absolute atomic E-state index is 0.380. The second kappa shape index (κ2) is 13.6. The van der Waals surface area contributed by atoms with E-state index >= 15 is 0 Å². The van der Waals surface area contributed by atoms with Gasteiger partial charge in [-0.05, 0) is 20.0 Å². The standard InChI is InChI=1S/C3H9P.C2H4O2.H3O3P/c1-4(2)3;1-2(3)4;1-4(2)3/h1-3H3;1H3,(H,3,4);4H,(H2,1,2,3).